The molecule has 17 heavy (non-hydrogen) atoms. The second kappa shape index (κ2) is 5.61. The van der Waals surface area contributed by atoms with Crippen molar-refractivity contribution in [3.05, 3.63) is 18.2 Å². The molecular formula is C12H18N2O3. The third-order valence-electron chi connectivity index (χ3n) is 2.53. The third kappa shape index (κ3) is 2.93. The van der Waals surface area contributed by atoms with Gasteiger partial charge in [-0.3, -0.25) is 9.59 Å². The van der Waals surface area contributed by atoms with Gasteiger partial charge in [0.2, 0.25) is 5.78 Å². The molecule has 1 aromatic heterocycles. The first-order chi connectivity index (χ1) is 7.99. The molecule has 1 atom stereocenters. The first-order valence-electron chi connectivity index (χ1n) is 5.67. The van der Waals surface area contributed by atoms with Crippen molar-refractivity contribution in [1.29, 1.82) is 0 Å². The van der Waals surface area contributed by atoms with E-state index < -0.39 is 11.9 Å². The molecule has 0 amide bonds. The van der Waals surface area contributed by atoms with Crippen LogP contribution in [0.5, 0.6) is 0 Å². The van der Waals surface area contributed by atoms with Gasteiger partial charge in [-0.1, -0.05) is 13.8 Å². The Morgan fingerprint density at radius 2 is 2.12 bits per heavy atom. The number of imidazole rings is 1. The van der Waals surface area contributed by atoms with Gasteiger partial charge >= 0.3 is 5.97 Å². The predicted molar refractivity (Wildman–Crippen MR) is 62.5 cm³/mol. The monoisotopic (exact) mass is 238 g/mol. The van der Waals surface area contributed by atoms with Crippen molar-refractivity contribution in [2.45, 2.75) is 20.8 Å². The van der Waals surface area contributed by atoms with Crippen LogP contribution in [0.1, 0.15) is 31.4 Å². The Bertz CT molecular complexity index is 410. The highest BCUT2D eigenvalue weighted by Crippen LogP contribution is 2.18. The molecule has 0 aliphatic rings. The minimum Gasteiger partial charge on any atom is -0.465 e. The van der Waals surface area contributed by atoms with E-state index in [9.17, 15) is 9.59 Å². The van der Waals surface area contributed by atoms with Gasteiger partial charge in [0.25, 0.3) is 0 Å². The zero-order valence-corrected chi connectivity index (χ0v) is 10.6. The first-order valence-corrected chi connectivity index (χ1v) is 5.67. The van der Waals surface area contributed by atoms with E-state index in [4.69, 9.17) is 4.74 Å². The third-order valence-corrected chi connectivity index (χ3v) is 2.53. The van der Waals surface area contributed by atoms with E-state index in [0.29, 0.717) is 0 Å². The minimum atomic E-state index is -0.781. The average Bonchev–Trinajstić information content (AvgIpc) is 2.64. The van der Waals surface area contributed by atoms with Crippen LogP contribution < -0.4 is 0 Å². The maximum absolute atomic E-state index is 12.2. The summed E-state index contributed by atoms with van der Waals surface area (Å²) >= 11 is 0. The fourth-order valence-electron chi connectivity index (χ4n) is 1.66. The molecule has 1 aromatic rings. The van der Waals surface area contributed by atoms with Crippen LogP contribution in [0.25, 0.3) is 0 Å². The summed E-state index contributed by atoms with van der Waals surface area (Å²) in [6.45, 7) is 5.64. The lowest BCUT2D eigenvalue weighted by Crippen LogP contribution is -2.32. The smallest absolute Gasteiger partial charge is 0.317 e. The fourth-order valence-corrected chi connectivity index (χ4v) is 1.66. The molecule has 5 heteroatoms. The number of ether oxygens (including phenoxy) is 1. The Labute approximate surface area is 101 Å². The lowest BCUT2D eigenvalue weighted by molar-refractivity contribution is -0.147. The SMILES string of the molecule is CCOC(=O)C(C(=O)c1nccn1C)C(C)C. The molecule has 1 rings (SSSR count). The van der Waals surface area contributed by atoms with Crippen molar-refractivity contribution in [2.75, 3.05) is 6.61 Å². The number of nitrogens with zero attached hydrogens (tertiary/aromatic N) is 2. The van der Waals surface area contributed by atoms with Gasteiger partial charge in [-0.25, -0.2) is 4.98 Å². The molecule has 0 saturated heterocycles. The van der Waals surface area contributed by atoms with E-state index in [-0.39, 0.29) is 24.1 Å². The number of carbonyl (C=O) groups is 2. The predicted octanol–water partition coefficient (Wildman–Crippen LogP) is 1.44. The van der Waals surface area contributed by atoms with Gasteiger partial charge in [0.15, 0.2) is 5.82 Å². The Kier molecular flexibility index (Phi) is 4.43. The number of ketones is 1. The molecule has 94 valence electrons. The zero-order chi connectivity index (χ0) is 13.0. The highest BCUT2D eigenvalue weighted by atomic mass is 16.5. The molecule has 0 aliphatic heterocycles. The van der Waals surface area contributed by atoms with Crippen LogP contribution in [0.3, 0.4) is 0 Å². The standard InChI is InChI=1S/C12H18N2O3/c1-5-17-12(16)9(8(2)3)10(15)11-13-6-7-14(11)4/h6-9H,5H2,1-4H3. The lowest BCUT2D eigenvalue weighted by atomic mass is 9.91. The Balaban J connectivity index is 2.96. The first kappa shape index (κ1) is 13.4. The molecule has 1 heterocycles. The van der Waals surface area contributed by atoms with Crippen molar-refractivity contribution in [3.63, 3.8) is 0 Å². The van der Waals surface area contributed by atoms with Crippen LogP contribution in [-0.2, 0) is 16.6 Å². The maximum atomic E-state index is 12.2. The number of esters is 1. The number of rotatable bonds is 5. The highest BCUT2D eigenvalue weighted by molar-refractivity contribution is 6.07. The van der Waals surface area contributed by atoms with E-state index in [1.165, 1.54) is 6.20 Å². The van der Waals surface area contributed by atoms with Gasteiger partial charge in [-0.15, -0.1) is 0 Å². The van der Waals surface area contributed by atoms with Crippen molar-refractivity contribution >= 4 is 11.8 Å². The van der Waals surface area contributed by atoms with Gasteiger partial charge < -0.3 is 9.30 Å². The topological polar surface area (TPSA) is 61.2 Å². The molecule has 0 radical (unpaired) electrons. The van der Waals surface area contributed by atoms with E-state index in [2.05, 4.69) is 4.98 Å². The normalized spacial score (nSPS) is 12.5. The van der Waals surface area contributed by atoms with E-state index in [1.54, 1.807) is 24.7 Å². The van der Waals surface area contributed by atoms with E-state index in [0.717, 1.165) is 0 Å². The molecular weight excluding hydrogens is 220 g/mol. The van der Waals surface area contributed by atoms with Gasteiger partial charge in [-0.2, -0.15) is 0 Å². The highest BCUT2D eigenvalue weighted by Gasteiger charge is 2.33. The minimum absolute atomic E-state index is 0.113. The van der Waals surface area contributed by atoms with Crippen LogP contribution in [0.15, 0.2) is 12.4 Å². The molecule has 5 nitrogen and oxygen atoms in total. The molecule has 0 spiro atoms. The number of hydrogen-bond acceptors (Lipinski definition) is 4. The Hall–Kier alpha value is -1.65. The molecule has 0 saturated carbocycles. The summed E-state index contributed by atoms with van der Waals surface area (Å²) in [7, 11) is 1.72. The second-order valence-electron chi connectivity index (χ2n) is 4.20. The van der Waals surface area contributed by atoms with Crippen LogP contribution in [0.2, 0.25) is 0 Å². The number of aryl methyl sites for hydroxylation is 1. The van der Waals surface area contributed by atoms with Gasteiger partial charge in [0.1, 0.15) is 5.92 Å². The summed E-state index contributed by atoms with van der Waals surface area (Å²) in [5, 5.41) is 0. The van der Waals surface area contributed by atoms with Crippen LogP contribution in [-0.4, -0.2) is 27.9 Å². The summed E-state index contributed by atoms with van der Waals surface area (Å²) in [5.74, 6) is -1.37. The van der Waals surface area contributed by atoms with Crippen molar-refractivity contribution in [2.24, 2.45) is 18.9 Å². The largest absolute Gasteiger partial charge is 0.465 e. The average molecular weight is 238 g/mol. The Morgan fingerprint density at radius 3 is 2.53 bits per heavy atom. The lowest BCUT2D eigenvalue weighted by Gasteiger charge is -2.17. The summed E-state index contributed by atoms with van der Waals surface area (Å²) in [6, 6.07) is 0. The summed E-state index contributed by atoms with van der Waals surface area (Å²) in [5.41, 5.74) is 0. The van der Waals surface area contributed by atoms with Crippen LogP contribution >= 0.6 is 0 Å². The van der Waals surface area contributed by atoms with Crippen molar-refractivity contribution < 1.29 is 14.3 Å². The van der Waals surface area contributed by atoms with E-state index in [1.807, 2.05) is 13.8 Å². The summed E-state index contributed by atoms with van der Waals surface area (Å²) in [4.78, 5) is 27.9. The number of hydrogen-bond donors (Lipinski definition) is 0. The van der Waals surface area contributed by atoms with Gasteiger partial charge in [0.05, 0.1) is 6.61 Å². The molecule has 0 fully saturated rings. The quantitative estimate of drug-likeness (QED) is 0.442. The number of Topliss-reactive ketones (excluding diaryl/α,β-unsaturated/α-hetero) is 1. The Morgan fingerprint density at radius 1 is 1.47 bits per heavy atom. The maximum Gasteiger partial charge on any atom is 0.317 e. The van der Waals surface area contributed by atoms with Crippen molar-refractivity contribution in [1.82, 2.24) is 9.55 Å². The summed E-state index contributed by atoms with van der Waals surface area (Å²) < 4.78 is 6.54. The molecule has 0 aromatic carbocycles. The summed E-state index contributed by atoms with van der Waals surface area (Å²) in [6.07, 6.45) is 3.21. The van der Waals surface area contributed by atoms with E-state index >= 15 is 0 Å². The van der Waals surface area contributed by atoms with Gasteiger partial charge in [-0.05, 0) is 12.8 Å². The van der Waals surface area contributed by atoms with Gasteiger partial charge in [0, 0.05) is 19.4 Å². The number of aromatic nitrogens is 2. The molecule has 1 unspecified atom stereocenters. The van der Waals surface area contributed by atoms with Crippen LogP contribution in [0.4, 0.5) is 0 Å². The zero-order valence-electron chi connectivity index (χ0n) is 10.6. The molecule has 0 aliphatic carbocycles. The number of carbonyl (C=O) groups excluding carboxylic acids is 2. The fraction of sp³-hybridized carbons (Fsp3) is 0.583. The molecule has 0 bridgehead atoms. The second-order valence-corrected chi connectivity index (χ2v) is 4.20. The van der Waals surface area contributed by atoms with Crippen molar-refractivity contribution in [3.8, 4) is 0 Å². The molecule has 0 N–H and O–H groups in total. The van der Waals surface area contributed by atoms with Crippen LogP contribution in [0, 0.1) is 11.8 Å².